The van der Waals surface area contributed by atoms with Gasteiger partial charge in [-0.05, 0) is 55.8 Å². The number of likely N-dealkylation sites (tertiary alicyclic amines) is 1. The molecule has 3 aromatic rings. The number of rotatable bonds is 6. The molecule has 1 saturated heterocycles. The van der Waals surface area contributed by atoms with E-state index in [4.69, 9.17) is 0 Å². The molecule has 0 radical (unpaired) electrons. The highest BCUT2D eigenvalue weighted by molar-refractivity contribution is 7.98. The molecule has 0 atom stereocenters. The third-order valence-electron chi connectivity index (χ3n) is 5.75. The summed E-state index contributed by atoms with van der Waals surface area (Å²) in [5.74, 6) is 0.0294. The Balaban J connectivity index is 1.29. The van der Waals surface area contributed by atoms with Gasteiger partial charge in [0.25, 0.3) is 0 Å². The number of fused-ring (bicyclic) bond motifs is 1. The van der Waals surface area contributed by atoms with Crippen LogP contribution in [0.4, 0.5) is 11.4 Å². The Bertz CT molecular complexity index is 1070. The van der Waals surface area contributed by atoms with Gasteiger partial charge in [0.05, 0.1) is 12.2 Å². The van der Waals surface area contributed by atoms with Gasteiger partial charge in [-0.25, -0.2) is 0 Å². The molecule has 4 rings (SSSR count). The van der Waals surface area contributed by atoms with Crippen molar-refractivity contribution in [3.63, 3.8) is 0 Å². The topological polar surface area (TPSA) is 61.4 Å². The molecule has 0 unspecified atom stereocenters. The lowest BCUT2D eigenvalue weighted by Crippen LogP contribution is -2.41. The molecule has 0 bridgehead atoms. The predicted molar refractivity (Wildman–Crippen MR) is 129 cm³/mol. The van der Waals surface area contributed by atoms with Gasteiger partial charge in [-0.15, -0.1) is 11.8 Å². The van der Waals surface area contributed by atoms with Crippen molar-refractivity contribution in [2.24, 2.45) is 5.92 Å². The van der Waals surface area contributed by atoms with E-state index in [0.29, 0.717) is 6.54 Å². The molecule has 1 heterocycles. The standard InChI is InChI=1S/C25H27N3O2S/c1-31-23-12-5-4-10-22(23)27-25(30)19-13-15-28(16-14-19)17-24(29)26-21-11-6-8-18-7-2-3-9-20(18)21/h2-12,19H,13-17H2,1H3,(H,26,29)(H,27,30). The van der Waals surface area contributed by atoms with Crippen LogP contribution < -0.4 is 10.6 Å². The first-order valence-corrected chi connectivity index (χ1v) is 11.8. The van der Waals surface area contributed by atoms with Crippen LogP contribution in [0.5, 0.6) is 0 Å². The largest absolute Gasteiger partial charge is 0.325 e. The number of carbonyl (C=O) groups is 2. The maximum atomic E-state index is 12.7. The molecule has 5 nitrogen and oxygen atoms in total. The van der Waals surface area contributed by atoms with E-state index in [1.54, 1.807) is 11.8 Å². The van der Waals surface area contributed by atoms with E-state index in [1.165, 1.54) is 0 Å². The van der Waals surface area contributed by atoms with Crippen LogP contribution in [0.3, 0.4) is 0 Å². The number of carbonyl (C=O) groups excluding carboxylic acids is 2. The van der Waals surface area contributed by atoms with Gasteiger partial charge in [-0.3, -0.25) is 14.5 Å². The Morgan fingerprint density at radius 3 is 2.39 bits per heavy atom. The van der Waals surface area contributed by atoms with Crippen molar-refractivity contribution in [3.05, 3.63) is 66.7 Å². The van der Waals surface area contributed by atoms with Crippen molar-refractivity contribution in [3.8, 4) is 0 Å². The average Bonchev–Trinajstić information content (AvgIpc) is 2.80. The van der Waals surface area contributed by atoms with Crippen LogP contribution in [0, 0.1) is 5.92 Å². The van der Waals surface area contributed by atoms with Gasteiger partial charge >= 0.3 is 0 Å². The first-order chi connectivity index (χ1) is 15.1. The number of para-hydroxylation sites is 1. The highest BCUT2D eigenvalue weighted by Crippen LogP contribution is 2.27. The van der Waals surface area contributed by atoms with E-state index < -0.39 is 0 Å². The summed E-state index contributed by atoms with van der Waals surface area (Å²) >= 11 is 1.63. The highest BCUT2D eigenvalue weighted by Gasteiger charge is 2.26. The van der Waals surface area contributed by atoms with Gasteiger partial charge in [-0.1, -0.05) is 48.5 Å². The number of amides is 2. The number of benzene rings is 3. The fourth-order valence-corrected chi connectivity index (χ4v) is 4.62. The van der Waals surface area contributed by atoms with Gasteiger partial charge in [0.15, 0.2) is 0 Å². The van der Waals surface area contributed by atoms with Crippen LogP contribution >= 0.6 is 11.8 Å². The van der Waals surface area contributed by atoms with Gasteiger partial charge in [0.2, 0.25) is 11.8 Å². The zero-order valence-electron chi connectivity index (χ0n) is 17.6. The second-order valence-electron chi connectivity index (χ2n) is 7.81. The van der Waals surface area contributed by atoms with Crippen LogP contribution in [0.2, 0.25) is 0 Å². The molecule has 2 N–H and O–H groups in total. The van der Waals surface area contributed by atoms with E-state index in [9.17, 15) is 9.59 Å². The van der Waals surface area contributed by atoms with Gasteiger partial charge < -0.3 is 10.6 Å². The molecule has 3 aromatic carbocycles. The molecule has 1 aliphatic heterocycles. The summed E-state index contributed by atoms with van der Waals surface area (Å²) < 4.78 is 0. The molecule has 0 spiro atoms. The minimum atomic E-state index is -0.0210. The summed E-state index contributed by atoms with van der Waals surface area (Å²) in [5, 5.41) is 8.28. The third kappa shape index (κ3) is 5.27. The van der Waals surface area contributed by atoms with Crippen molar-refractivity contribution in [1.82, 2.24) is 4.90 Å². The van der Waals surface area contributed by atoms with Gasteiger partial charge in [-0.2, -0.15) is 0 Å². The molecule has 0 aliphatic carbocycles. The number of nitrogens with zero attached hydrogens (tertiary/aromatic N) is 1. The Hall–Kier alpha value is -2.83. The average molecular weight is 434 g/mol. The summed E-state index contributed by atoms with van der Waals surface area (Å²) in [6.45, 7) is 1.82. The smallest absolute Gasteiger partial charge is 0.238 e. The molecule has 1 aliphatic rings. The number of thioether (sulfide) groups is 1. The summed E-state index contributed by atoms with van der Waals surface area (Å²) in [6.07, 6.45) is 3.52. The SMILES string of the molecule is CSc1ccccc1NC(=O)C1CCN(CC(=O)Nc2cccc3ccccc23)CC1. The van der Waals surface area contributed by atoms with E-state index in [1.807, 2.05) is 73.0 Å². The molecule has 31 heavy (non-hydrogen) atoms. The van der Waals surface area contributed by atoms with E-state index in [2.05, 4.69) is 15.5 Å². The van der Waals surface area contributed by atoms with Crippen LogP contribution in [0.15, 0.2) is 71.6 Å². The summed E-state index contributed by atoms with van der Waals surface area (Å²) in [5.41, 5.74) is 1.71. The second kappa shape index (κ2) is 9.98. The Labute approximate surface area is 187 Å². The van der Waals surface area contributed by atoms with E-state index in [-0.39, 0.29) is 17.7 Å². The fourth-order valence-electron chi connectivity index (χ4n) is 4.06. The summed E-state index contributed by atoms with van der Waals surface area (Å²) in [4.78, 5) is 28.5. The number of piperidine rings is 1. The lowest BCUT2D eigenvalue weighted by molar-refractivity contribution is -0.121. The Morgan fingerprint density at radius 1 is 0.903 bits per heavy atom. The number of anilines is 2. The summed E-state index contributed by atoms with van der Waals surface area (Å²) in [7, 11) is 0. The van der Waals surface area contributed by atoms with Crippen LogP contribution in [-0.4, -0.2) is 42.6 Å². The molecule has 160 valence electrons. The van der Waals surface area contributed by atoms with Crippen molar-refractivity contribution in [2.75, 3.05) is 36.5 Å². The highest BCUT2D eigenvalue weighted by atomic mass is 32.2. The molecular weight excluding hydrogens is 406 g/mol. The van der Waals surface area contributed by atoms with Crippen LogP contribution in [0.1, 0.15) is 12.8 Å². The fraction of sp³-hybridized carbons (Fsp3) is 0.280. The second-order valence-corrected chi connectivity index (χ2v) is 8.66. The monoisotopic (exact) mass is 433 g/mol. The van der Waals surface area contributed by atoms with Crippen LogP contribution in [-0.2, 0) is 9.59 Å². The maximum absolute atomic E-state index is 12.7. The minimum absolute atomic E-state index is 0.0202. The maximum Gasteiger partial charge on any atom is 0.238 e. The molecule has 2 amide bonds. The van der Waals surface area contributed by atoms with Crippen molar-refractivity contribution in [1.29, 1.82) is 0 Å². The summed E-state index contributed by atoms with van der Waals surface area (Å²) in [6, 6.07) is 21.8. The van der Waals surface area contributed by atoms with E-state index in [0.717, 1.165) is 53.0 Å². The number of nitrogens with one attached hydrogen (secondary N) is 2. The van der Waals surface area contributed by atoms with Gasteiger partial charge in [0, 0.05) is 21.9 Å². The van der Waals surface area contributed by atoms with Crippen molar-refractivity contribution >= 4 is 45.7 Å². The van der Waals surface area contributed by atoms with E-state index >= 15 is 0 Å². The predicted octanol–water partition coefficient (Wildman–Crippen LogP) is 4.85. The Kier molecular flexibility index (Phi) is 6.89. The van der Waals surface area contributed by atoms with Crippen LogP contribution in [0.25, 0.3) is 10.8 Å². The third-order valence-corrected chi connectivity index (χ3v) is 6.55. The first kappa shape index (κ1) is 21.4. The zero-order chi connectivity index (χ0) is 21.6. The lowest BCUT2D eigenvalue weighted by Gasteiger charge is -2.30. The molecule has 1 fully saturated rings. The van der Waals surface area contributed by atoms with Crippen molar-refractivity contribution in [2.45, 2.75) is 17.7 Å². The lowest BCUT2D eigenvalue weighted by atomic mass is 9.95. The molecule has 6 heteroatoms. The molecular formula is C25H27N3O2S. The zero-order valence-corrected chi connectivity index (χ0v) is 18.5. The normalized spacial score (nSPS) is 15.0. The van der Waals surface area contributed by atoms with Gasteiger partial charge in [0.1, 0.15) is 0 Å². The quantitative estimate of drug-likeness (QED) is 0.546. The number of hydrogen-bond acceptors (Lipinski definition) is 4. The minimum Gasteiger partial charge on any atom is -0.325 e. The Morgan fingerprint density at radius 2 is 1.58 bits per heavy atom. The van der Waals surface area contributed by atoms with Crippen molar-refractivity contribution < 1.29 is 9.59 Å². The molecule has 0 aromatic heterocycles. The number of hydrogen-bond donors (Lipinski definition) is 2. The first-order valence-electron chi connectivity index (χ1n) is 10.6. The molecule has 0 saturated carbocycles.